The van der Waals surface area contributed by atoms with Gasteiger partial charge in [0, 0.05) is 34.4 Å². The maximum Gasteiger partial charge on any atom is 0.328 e. The number of carbonyl (C=O) groups is 4. The molecule has 0 unspecified atom stereocenters. The van der Waals surface area contributed by atoms with Crippen LogP contribution in [0.1, 0.15) is 94.5 Å². The highest BCUT2D eigenvalue weighted by Crippen LogP contribution is 2.70. The lowest BCUT2D eigenvalue weighted by Gasteiger charge is -2.62. The van der Waals surface area contributed by atoms with Crippen LogP contribution in [0.3, 0.4) is 0 Å². The molecule has 0 aromatic heterocycles. The minimum absolute atomic E-state index is 0.00209. The van der Waals surface area contributed by atoms with Gasteiger partial charge in [-0.3, -0.25) is 14.4 Å². The Hall–Kier alpha value is -4.15. The zero-order valence-electron chi connectivity index (χ0n) is 35.0. The molecule has 61 heavy (non-hydrogen) atoms. The standard InChI is InChI=1S/C23H28ClN3O5S.C22H29FO5/c1-32-21-12-9-17(24)15-20(21)22(28)25-14-13-16-7-10-19(11-8-16)33(30,31)27-23(29)26-18-5-3-2-4-6-18;1-12-8-16-15-5-4-13-9-14(25)6-7-19(13,2)21(15,23)17(26)10-20(16,3)22(12,28)18(27)11-24/h7-12,15,18H,2-6,13-14H2,1H3,(H,25,28)(H2,26,27,29);6-7,9,12,15-17,24,26,28H,4-5,8,10-11H2,1-3H3/t;12-,15+,16+,17+,19+,20+,21+,22+/m.1/s1. The molecule has 5 aliphatic carbocycles. The topological polar surface area (TPSA) is 208 Å². The number of Topliss-reactive ketones (excluding diaryl/α,β-unsaturated/α-hetero) is 1. The van der Waals surface area contributed by atoms with Crippen LogP contribution in [0.25, 0.3) is 0 Å². The number of halogens is 2. The summed E-state index contributed by atoms with van der Waals surface area (Å²) in [5, 5.41) is 37.9. The average Bonchev–Trinajstić information content (AvgIpc) is 3.43. The zero-order chi connectivity index (χ0) is 44.5. The Morgan fingerprint density at radius 3 is 2.36 bits per heavy atom. The van der Waals surface area contributed by atoms with Gasteiger partial charge in [0.1, 0.15) is 18.0 Å². The van der Waals surface area contributed by atoms with Crippen LogP contribution in [0.2, 0.25) is 5.02 Å². The van der Waals surface area contributed by atoms with Crippen molar-refractivity contribution in [2.24, 2.45) is 28.6 Å². The van der Waals surface area contributed by atoms with Crippen molar-refractivity contribution in [2.45, 2.75) is 113 Å². The van der Waals surface area contributed by atoms with Gasteiger partial charge in [0.25, 0.3) is 15.9 Å². The number of amides is 3. The molecule has 0 bridgehead atoms. The maximum absolute atomic E-state index is 16.9. The van der Waals surface area contributed by atoms with Crippen molar-refractivity contribution in [1.29, 1.82) is 0 Å². The number of sulfonamides is 1. The first-order valence-electron chi connectivity index (χ1n) is 21.0. The molecule has 5 aliphatic rings. The third-order valence-corrected chi connectivity index (χ3v) is 15.9. The smallest absolute Gasteiger partial charge is 0.328 e. The molecule has 6 N–H and O–H groups in total. The number of methoxy groups -OCH3 is 1. The minimum atomic E-state index is -3.97. The molecule has 8 atom stereocenters. The number of rotatable bonds is 10. The lowest BCUT2D eigenvalue weighted by Crippen LogP contribution is -2.69. The van der Waals surface area contributed by atoms with Crippen molar-refractivity contribution in [3.8, 4) is 5.75 Å². The molecule has 0 spiro atoms. The normalized spacial score (nSPS) is 31.9. The SMILES string of the molecule is COc1ccc(Cl)cc1C(=O)NCCc1ccc(S(=O)(=O)NC(=O)NC2CCCCC2)cc1.C[C@@H]1C[C@H]2[C@@H]3CCC4=CC(=O)C=C[C@]4(C)[C@@]3(F)[C@@H](O)C[C@]2(C)[C@@]1(O)C(=O)CO. The summed E-state index contributed by atoms with van der Waals surface area (Å²) in [6.45, 7) is 4.82. The fourth-order valence-corrected chi connectivity index (χ4v) is 12.1. The summed E-state index contributed by atoms with van der Waals surface area (Å²) in [7, 11) is -2.49. The lowest BCUT2D eigenvalue weighted by atomic mass is 9.44. The van der Waals surface area contributed by atoms with E-state index in [2.05, 4.69) is 15.4 Å². The minimum Gasteiger partial charge on any atom is -0.496 e. The van der Waals surface area contributed by atoms with E-state index in [0.29, 0.717) is 54.1 Å². The predicted octanol–water partition coefficient (Wildman–Crippen LogP) is 5.54. The number of alkyl halides is 1. The second kappa shape index (κ2) is 17.9. The molecule has 0 aliphatic heterocycles. The van der Waals surface area contributed by atoms with Crippen molar-refractivity contribution in [3.05, 3.63) is 82.4 Å². The number of ether oxygens (including phenoxy) is 1. The zero-order valence-corrected chi connectivity index (χ0v) is 36.6. The first-order valence-corrected chi connectivity index (χ1v) is 22.8. The van der Waals surface area contributed by atoms with Crippen LogP contribution in [-0.4, -0.2) is 90.9 Å². The third kappa shape index (κ3) is 8.52. The largest absolute Gasteiger partial charge is 0.496 e. The molecule has 16 heteroatoms. The van der Waals surface area contributed by atoms with E-state index < -0.39 is 68.5 Å². The molecular formula is C45H57ClFN3O10S. The number of benzene rings is 2. The van der Waals surface area contributed by atoms with Gasteiger partial charge in [-0.15, -0.1) is 0 Å². The number of hydrogen-bond acceptors (Lipinski definition) is 10. The summed E-state index contributed by atoms with van der Waals surface area (Å²) >= 11 is 5.96. The summed E-state index contributed by atoms with van der Waals surface area (Å²) in [5.74, 6) is -2.01. The van der Waals surface area contributed by atoms with Crippen molar-refractivity contribution in [3.63, 3.8) is 0 Å². The molecule has 332 valence electrons. The van der Waals surface area contributed by atoms with Gasteiger partial charge in [-0.05, 0) is 112 Å². The Morgan fingerprint density at radius 2 is 1.70 bits per heavy atom. The number of urea groups is 1. The third-order valence-electron chi connectivity index (χ3n) is 14.3. The van der Waals surface area contributed by atoms with Crippen LogP contribution in [0.15, 0.2) is 71.2 Å². The van der Waals surface area contributed by atoms with Crippen LogP contribution in [0.4, 0.5) is 9.18 Å². The number of fused-ring (bicyclic) bond motifs is 5. The number of ketones is 2. The van der Waals surface area contributed by atoms with E-state index in [9.17, 15) is 42.9 Å². The molecule has 0 heterocycles. The van der Waals surface area contributed by atoms with Gasteiger partial charge in [0.2, 0.25) is 0 Å². The molecule has 4 fully saturated rings. The molecule has 7 rings (SSSR count). The number of aliphatic hydroxyl groups excluding tert-OH is 2. The maximum atomic E-state index is 16.9. The molecule has 0 radical (unpaired) electrons. The highest BCUT2D eigenvalue weighted by Gasteiger charge is 2.75. The number of allylic oxidation sites excluding steroid dienone is 4. The summed E-state index contributed by atoms with van der Waals surface area (Å²) in [4.78, 5) is 48.9. The average molecular weight is 886 g/mol. The van der Waals surface area contributed by atoms with Gasteiger partial charge in [-0.2, -0.15) is 0 Å². The van der Waals surface area contributed by atoms with Crippen LogP contribution in [0, 0.1) is 28.6 Å². The van der Waals surface area contributed by atoms with Gasteiger partial charge < -0.3 is 30.7 Å². The second-order valence-corrected chi connectivity index (χ2v) is 19.8. The summed E-state index contributed by atoms with van der Waals surface area (Å²) in [5.41, 5.74) is -4.00. The van der Waals surface area contributed by atoms with Crippen molar-refractivity contribution >= 4 is 45.1 Å². The van der Waals surface area contributed by atoms with Crippen molar-refractivity contribution in [1.82, 2.24) is 15.4 Å². The first kappa shape index (κ1) is 46.4. The van der Waals surface area contributed by atoms with Crippen molar-refractivity contribution in [2.75, 3.05) is 20.3 Å². The number of hydrogen-bond donors (Lipinski definition) is 6. The predicted molar refractivity (Wildman–Crippen MR) is 226 cm³/mol. The molecule has 13 nitrogen and oxygen atoms in total. The molecule has 0 saturated heterocycles. The van der Waals surface area contributed by atoms with E-state index in [1.54, 1.807) is 51.1 Å². The Labute approximate surface area is 361 Å². The summed E-state index contributed by atoms with van der Waals surface area (Å²) in [6.07, 6.45) is 9.87. The van der Waals surface area contributed by atoms with E-state index in [1.807, 2.05) is 0 Å². The van der Waals surface area contributed by atoms with Crippen LogP contribution < -0.4 is 20.1 Å². The fourth-order valence-electron chi connectivity index (χ4n) is 11.0. The molecule has 2 aromatic carbocycles. The van der Waals surface area contributed by atoms with Gasteiger partial charge >= 0.3 is 6.03 Å². The Morgan fingerprint density at radius 1 is 1.02 bits per heavy atom. The van der Waals surface area contributed by atoms with E-state index in [-0.39, 0.29) is 35.0 Å². The second-order valence-electron chi connectivity index (χ2n) is 17.7. The quantitative estimate of drug-likeness (QED) is 0.176. The Kier molecular flexibility index (Phi) is 13.6. The molecule has 4 saturated carbocycles. The fraction of sp³-hybridized carbons (Fsp3) is 0.556. The van der Waals surface area contributed by atoms with Crippen LogP contribution in [0.5, 0.6) is 5.75 Å². The van der Waals surface area contributed by atoms with E-state index >= 15 is 4.39 Å². The Balaban J connectivity index is 0.000000206. The number of nitrogens with one attached hydrogen (secondary N) is 3. The van der Waals surface area contributed by atoms with Gasteiger partial charge in [0.05, 0.1) is 23.7 Å². The van der Waals surface area contributed by atoms with Crippen LogP contribution in [-0.2, 0) is 26.0 Å². The van der Waals surface area contributed by atoms with E-state index in [1.165, 1.54) is 37.5 Å². The monoisotopic (exact) mass is 885 g/mol. The number of aliphatic hydroxyl groups is 3. The van der Waals surface area contributed by atoms with Gasteiger partial charge in [-0.25, -0.2) is 22.3 Å². The van der Waals surface area contributed by atoms with Crippen LogP contribution >= 0.6 is 11.6 Å². The Bertz CT molecular complexity index is 2200. The van der Waals surface area contributed by atoms with Crippen molar-refractivity contribution < 1.29 is 52.0 Å². The van der Waals surface area contributed by atoms with E-state index in [4.69, 9.17) is 16.3 Å². The summed E-state index contributed by atoms with van der Waals surface area (Å²) < 4.78 is 49.1. The van der Waals surface area contributed by atoms with Gasteiger partial charge in [-0.1, -0.05) is 68.5 Å². The molecule has 3 amide bonds. The number of carbonyl (C=O) groups excluding carboxylic acids is 4. The van der Waals surface area contributed by atoms with E-state index in [0.717, 1.165) is 37.7 Å². The first-order chi connectivity index (χ1) is 28.7. The molecular weight excluding hydrogens is 829 g/mol. The highest BCUT2D eigenvalue weighted by molar-refractivity contribution is 7.90. The molecule has 2 aromatic rings. The van der Waals surface area contributed by atoms with Gasteiger partial charge in [0.15, 0.2) is 17.2 Å². The summed E-state index contributed by atoms with van der Waals surface area (Å²) in [6, 6.07) is 10.3. The highest BCUT2D eigenvalue weighted by atomic mass is 35.5. The lowest BCUT2D eigenvalue weighted by molar-refractivity contribution is -0.219.